The highest BCUT2D eigenvalue weighted by molar-refractivity contribution is 5.69. The first-order valence-electron chi connectivity index (χ1n) is 9.06. The van der Waals surface area contributed by atoms with Crippen LogP contribution in [0.5, 0.6) is 11.5 Å². The number of piperidine rings is 1. The quantitative estimate of drug-likeness (QED) is 0.816. The summed E-state index contributed by atoms with van der Waals surface area (Å²) in [7, 11) is 3.36. The molecular formula is C20H29NO4. The van der Waals surface area contributed by atoms with Crippen LogP contribution in [0.4, 0.5) is 4.79 Å². The Morgan fingerprint density at radius 3 is 2.56 bits per heavy atom. The van der Waals surface area contributed by atoms with Crippen LogP contribution in [0.15, 0.2) is 12.1 Å². The Bertz CT molecular complexity index is 650. The summed E-state index contributed by atoms with van der Waals surface area (Å²) in [5, 5.41) is 0. The van der Waals surface area contributed by atoms with E-state index in [0.717, 1.165) is 43.7 Å². The Hall–Kier alpha value is -1.91. The molecule has 1 heterocycles. The number of hydrogen-bond acceptors (Lipinski definition) is 4. The number of fused-ring (bicyclic) bond motifs is 2. The Morgan fingerprint density at radius 1 is 1.16 bits per heavy atom. The second-order valence-corrected chi connectivity index (χ2v) is 7.99. The molecular weight excluding hydrogens is 318 g/mol. The van der Waals surface area contributed by atoms with Gasteiger partial charge in [0.15, 0.2) is 11.5 Å². The number of carbonyl (C=O) groups is 1. The van der Waals surface area contributed by atoms with E-state index in [1.165, 1.54) is 11.1 Å². The highest BCUT2D eigenvalue weighted by atomic mass is 16.6. The van der Waals surface area contributed by atoms with Crippen molar-refractivity contribution in [2.75, 3.05) is 20.8 Å². The molecule has 0 aromatic heterocycles. The molecule has 1 unspecified atom stereocenters. The number of rotatable bonds is 2. The molecule has 138 valence electrons. The van der Waals surface area contributed by atoms with Crippen LogP contribution in [0.1, 0.15) is 44.7 Å². The minimum atomic E-state index is -0.465. The molecule has 0 saturated carbocycles. The van der Waals surface area contributed by atoms with Gasteiger partial charge in [-0.15, -0.1) is 0 Å². The summed E-state index contributed by atoms with van der Waals surface area (Å²) in [6.45, 7) is 6.53. The fourth-order valence-electron chi connectivity index (χ4n) is 4.13. The zero-order valence-electron chi connectivity index (χ0n) is 15.9. The van der Waals surface area contributed by atoms with Crippen molar-refractivity contribution in [3.8, 4) is 11.5 Å². The number of ether oxygens (including phenoxy) is 3. The number of benzene rings is 1. The molecule has 1 aliphatic carbocycles. The predicted octanol–water partition coefficient (Wildman–Crippen LogP) is 3.82. The smallest absolute Gasteiger partial charge is 0.410 e. The van der Waals surface area contributed by atoms with Crippen LogP contribution >= 0.6 is 0 Å². The number of methoxy groups -OCH3 is 2. The third-order valence-electron chi connectivity index (χ3n) is 5.19. The van der Waals surface area contributed by atoms with Gasteiger partial charge in [0.25, 0.3) is 0 Å². The monoisotopic (exact) mass is 347 g/mol. The number of hydrogen-bond donors (Lipinski definition) is 0. The maximum absolute atomic E-state index is 12.7. The number of nitrogens with zero attached hydrogens (tertiary/aromatic N) is 1. The van der Waals surface area contributed by atoms with Crippen LogP contribution in [0.3, 0.4) is 0 Å². The van der Waals surface area contributed by atoms with E-state index in [2.05, 4.69) is 6.07 Å². The largest absolute Gasteiger partial charge is 0.493 e. The molecule has 2 atom stereocenters. The standard InChI is InChI=1S/C20H29NO4/c1-20(2,3)25-19(22)21-10-6-7-14-11-15-13(12-16(14)21)8-9-17(23-4)18(15)24-5/h8-9,14,16H,6-7,10-12H2,1-5H3/t14?,16-/m0/s1. The highest BCUT2D eigenvalue weighted by Crippen LogP contribution is 2.42. The van der Waals surface area contributed by atoms with Crippen LogP contribution < -0.4 is 9.47 Å². The minimum Gasteiger partial charge on any atom is -0.493 e. The maximum Gasteiger partial charge on any atom is 0.410 e. The van der Waals surface area contributed by atoms with Gasteiger partial charge in [0, 0.05) is 18.2 Å². The van der Waals surface area contributed by atoms with Crippen molar-refractivity contribution in [3.05, 3.63) is 23.3 Å². The Morgan fingerprint density at radius 2 is 1.92 bits per heavy atom. The van der Waals surface area contributed by atoms with E-state index in [4.69, 9.17) is 14.2 Å². The first kappa shape index (κ1) is 17.9. The second-order valence-electron chi connectivity index (χ2n) is 7.99. The van der Waals surface area contributed by atoms with E-state index in [0.29, 0.717) is 5.92 Å². The summed E-state index contributed by atoms with van der Waals surface area (Å²) in [6, 6.07) is 4.27. The van der Waals surface area contributed by atoms with E-state index in [-0.39, 0.29) is 12.1 Å². The van der Waals surface area contributed by atoms with E-state index in [9.17, 15) is 4.79 Å². The summed E-state index contributed by atoms with van der Waals surface area (Å²) in [4.78, 5) is 14.6. The van der Waals surface area contributed by atoms with Crippen LogP contribution in [0.25, 0.3) is 0 Å². The van der Waals surface area contributed by atoms with Gasteiger partial charge in [-0.1, -0.05) is 6.07 Å². The summed E-state index contributed by atoms with van der Waals surface area (Å²) in [5.74, 6) is 2.06. The lowest BCUT2D eigenvalue weighted by molar-refractivity contribution is -0.00145. The molecule has 2 aliphatic rings. The number of likely N-dealkylation sites (tertiary alicyclic amines) is 1. The van der Waals surface area contributed by atoms with Gasteiger partial charge in [-0.25, -0.2) is 4.79 Å². The van der Waals surface area contributed by atoms with Gasteiger partial charge in [0.05, 0.1) is 14.2 Å². The molecule has 0 radical (unpaired) electrons. The summed E-state index contributed by atoms with van der Waals surface area (Å²) in [5.41, 5.74) is 2.01. The van der Waals surface area contributed by atoms with E-state index < -0.39 is 5.60 Å². The van der Waals surface area contributed by atoms with Gasteiger partial charge in [-0.3, -0.25) is 0 Å². The van der Waals surface area contributed by atoms with Crippen LogP contribution in [0.2, 0.25) is 0 Å². The van der Waals surface area contributed by atoms with Gasteiger partial charge >= 0.3 is 6.09 Å². The first-order valence-corrected chi connectivity index (χ1v) is 9.06. The lowest BCUT2D eigenvalue weighted by Crippen LogP contribution is -2.53. The van der Waals surface area contributed by atoms with Crippen molar-refractivity contribution in [3.63, 3.8) is 0 Å². The van der Waals surface area contributed by atoms with E-state index in [1.54, 1.807) is 14.2 Å². The summed E-state index contributed by atoms with van der Waals surface area (Å²) < 4.78 is 16.7. The van der Waals surface area contributed by atoms with Gasteiger partial charge in [-0.2, -0.15) is 0 Å². The molecule has 1 aromatic rings. The van der Waals surface area contributed by atoms with E-state index in [1.807, 2.05) is 31.7 Å². The molecule has 5 nitrogen and oxygen atoms in total. The second kappa shape index (κ2) is 6.77. The van der Waals surface area contributed by atoms with Crippen molar-refractivity contribution in [1.29, 1.82) is 0 Å². The van der Waals surface area contributed by atoms with Crippen molar-refractivity contribution in [1.82, 2.24) is 4.90 Å². The van der Waals surface area contributed by atoms with Gasteiger partial charge in [0.2, 0.25) is 0 Å². The Labute approximate surface area is 150 Å². The molecule has 0 bridgehead atoms. The van der Waals surface area contributed by atoms with Gasteiger partial charge in [0.1, 0.15) is 5.60 Å². The summed E-state index contributed by atoms with van der Waals surface area (Å²) in [6.07, 6.45) is 3.72. The molecule has 3 rings (SSSR count). The van der Waals surface area contributed by atoms with Crippen molar-refractivity contribution in [2.45, 2.75) is 58.1 Å². The fourth-order valence-corrected chi connectivity index (χ4v) is 4.13. The molecule has 1 fully saturated rings. The Kier molecular flexibility index (Phi) is 4.85. The highest BCUT2D eigenvalue weighted by Gasteiger charge is 2.40. The van der Waals surface area contributed by atoms with Crippen LogP contribution in [-0.4, -0.2) is 43.4 Å². The lowest BCUT2D eigenvalue weighted by Gasteiger charge is -2.44. The van der Waals surface area contributed by atoms with Crippen molar-refractivity contribution >= 4 is 6.09 Å². The third-order valence-corrected chi connectivity index (χ3v) is 5.19. The molecule has 1 saturated heterocycles. The predicted molar refractivity (Wildman–Crippen MR) is 96.4 cm³/mol. The number of amides is 1. The van der Waals surface area contributed by atoms with Crippen molar-refractivity contribution in [2.24, 2.45) is 5.92 Å². The first-order chi connectivity index (χ1) is 11.8. The van der Waals surface area contributed by atoms with Gasteiger partial charge in [-0.05, 0) is 64.0 Å². The molecule has 1 amide bonds. The molecule has 25 heavy (non-hydrogen) atoms. The third kappa shape index (κ3) is 3.55. The Balaban J connectivity index is 1.88. The van der Waals surface area contributed by atoms with Crippen molar-refractivity contribution < 1.29 is 19.0 Å². The van der Waals surface area contributed by atoms with E-state index >= 15 is 0 Å². The molecule has 0 spiro atoms. The number of carbonyl (C=O) groups excluding carboxylic acids is 1. The zero-order chi connectivity index (χ0) is 18.2. The fraction of sp³-hybridized carbons (Fsp3) is 0.650. The maximum atomic E-state index is 12.7. The topological polar surface area (TPSA) is 48.0 Å². The molecule has 1 aliphatic heterocycles. The molecule has 1 aromatic carbocycles. The minimum absolute atomic E-state index is 0.189. The van der Waals surface area contributed by atoms with Crippen LogP contribution in [0, 0.1) is 5.92 Å². The SMILES string of the molecule is COc1ccc2c(c1OC)CC1CCCN(C(=O)OC(C)(C)C)[C@H]1C2. The zero-order valence-corrected chi connectivity index (χ0v) is 15.9. The average Bonchev–Trinajstić information content (AvgIpc) is 2.56. The summed E-state index contributed by atoms with van der Waals surface area (Å²) >= 11 is 0. The van der Waals surface area contributed by atoms with Crippen LogP contribution in [-0.2, 0) is 17.6 Å². The van der Waals surface area contributed by atoms with Gasteiger partial charge < -0.3 is 19.1 Å². The average molecular weight is 347 g/mol. The molecule has 5 heteroatoms. The molecule has 0 N–H and O–H groups in total. The lowest BCUT2D eigenvalue weighted by atomic mass is 9.75. The normalized spacial score (nSPS) is 22.7.